The molecule has 0 radical (unpaired) electrons. The highest BCUT2D eigenvalue weighted by Gasteiger charge is 2.30. The Balaban J connectivity index is 1.58. The molecule has 1 atom stereocenters. The molecule has 2 amide bonds. The number of hydrogen-bond donors (Lipinski definition) is 1. The molecule has 1 aliphatic rings. The number of hydrogen-bond acceptors (Lipinski definition) is 3. The van der Waals surface area contributed by atoms with Gasteiger partial charge in [0.05, 0.1) is 7.11 Å². The number of halogens is 1. The molecule has 0 aromatic heterocycles. The van der Waals surface area contributed by atoms with Gasteiger partial charge >= 0.3 is 0 Å². The maximum absolute atomic E-state index is 12.3. The number of rotatable bonds is 5. The summed E-state index contributed by atoms with van der Waals surface area (Å²) in [4.78, 5) is 26.2. The zero-order valence-corrected chi connectivity index (χ0v) is 14.6. The molecular formula is C19H19ClN2O3. The van der Waals surface area contributed by atoms with Crippen molar-refractivity contribution in [1.82, 2.24) is 5.32 Å². The van der Waals surface area contributed by atoms with Crippen molar-refractivity contribution in [2.24, 2.45) is 5.92 Å². The topological polar surface area (TPSA) is 58.6 Å². The second-order valence-corrected chi connectivity index (χ2v) is 6.43. The van der Waals surface area contributed by atoms with Gasteiger partial charge in [-0.2, -0.15) is 0 Å². The maximum atomic E-state index is 12.3. The first-order valence-corrected chi connectivity index (χ1v) is 8.43. The van der Waals surface area contributed by atoms with E-state index in [1.54, 1.807) is 48.4 Å². The molecule has 1 saturated heterocycles. The fourth-order valence-electron chi connectivity index (χ4n) is 2.89. The molecule has 0 aliphatic carbocycles. The van der Waals surface area contributed by atoms with Crippen molar-refractivity contribution in [2.45, 2.75) is 6.42 Å². The Bertz CT molecular complexity index is 776. The van der Waals surface area contributed by atoms with Crippen LogP contribution in [-0.4, -0.2) is 32.0 Å². The number of methoxy groups -OCH3 is 1. The quantitative estimate of drug-likeness (QED) is 0.893. The zero-order chi connectivity index (χ0) is 17.8. The Kier molecular flexibility index (Phi) is 5.24. The molecule has 0 spiro atoms. The summed E-state index contributed by atoms with van der Waals surface area (Å²) < 4.78 is 5.13. The van der Waals surface area contributed by atoms with Crippen LogP contribution in [0.4, 0.5) is 5.69 Å². The smallest absolute Gasteiger partial charge is 0.251 e. The Morgan fingerprint density at radius 3 is 2.76 bits per heavy atom. The standard InChI is InChI=1S/C19H19ClN2O3/c1-25-17-4-2-3-14(10-17)19(24)21-11-13-9-18(23)22(12-13)16-7-5-15(20)6-8-16/h2-8,10,13H,9,11-12H2,1H3,(H,21,24). The van der Waals surface area contributed by atoms with Gasteiger partial charge in [-0.15, -0.1) is 0 Å². The van der Waals surface area contributed by atoms with Crippen molar-refractivity contribution in [2.75, 3.05) is 25.1 Å². The van der Waals surface area contributed by atoms with E-state index in [0.29, 0.717) is 35.8 Å². The van der Waals surface area contributed by atoms with Crippen LogP contribution in [0.5, 0.6) is 5.75 Å². The lowest BCUT2D eigenvalue weighted by Crippen LogP contribution is -2.31. The van der Waals surface area contributed by atoms with Crippen LogP contribution in [0.15, 0.2) is 48.5 Å². The van der Waals surface area contributed by atoms with Crippen molar-refractivity contribution in [3.63, 3.8) is 0 Å². The minimum atomic E-state index is -0.170. The van der Waals surface area contributed by atoms with Crippen LogP contribution in [0.3, 0.4) is 0 Å². The molecule has 5 nitrogen and oxygen atoms in total. The molecule has 3 rings (SSSR count). The number of carbonyl (C=O) groups is 2. The molecule has 0 saturated carbocycles. The van der Waals surface area contributed by atoms with Gasteiger partial charge in [-0.05, 0) is 42.5 Å². The van der Waals surface area contributed by atoms with Gasteiger partial charge in [0.25, 0.3) is 5.91 Å². The van der Waals surface area contributed by atoms with Crippen LogP contribution < -0.4 is 15.0 Å². The van der Waals surface area contributed by atoms with Crippen LogP contribution in [0.1, 0.15) is 16.8 Å². The fourth-order valence-corrected chi connectivity index (χ4v) is 3.02. The summed E-state index contributed by atoms with van der Waals surface area (Å²) >= 11 is 5.89. The van der Waals surface area contributed by atoms with Crippen molar-refractivity contribution in [3.05, 3.63) is 59.1 Å². The summed E-state index contributed by atoms with van der Waals surface area (Å²) in [7, 11) is 1.56. The monoisotopic (exact) mass is 358 g/mol. The highest BCUT2D eigenvalue weighted by Crippen LogP contribution is 2.26. The van der Waals surface area contributed by atoms with Crippen LogP contribution in [0.25, 0.3) is 0 Å². The average molecular weight is 359 g/mol. The van der Waals surface area contributed by atoms with E-state index < -0.39 is 0 Å². The summed E-state index contributed by atoms with van der Waals surface area (Å²) in [6, 6.07) is 14.2. The molecule has 1 aliphatic heterocycles. The lowest BCUT2D eigenvalue weighted by Gasteiger charge is -2.17. The van der Waals surface area contributed by atoms with Crippen LogP contribution >= 0.6 is 11.6 Å². The molecule has 2 aromatic carbocycles. The highest BCUT2D eigenvalue weighted by atomic mass is 35.5. The van der Waals surface area contributed by atoms with Gasteiger partial charge in [-0.3, -0.25) is 9.59 Å². The highest BCUT2D eigenvalue weighted by molar-refractivity contribution is 6.30. The third kappa shape index (κ3) is 4.12. The summed E-state index contributed by atoms with van der Waals surface area (Å²) in [5, 5.41) is 3.54. The Morgan fingerprint density at radius 1 is 1.28 bits per heavy atom. The second kappa shape index (κ2) is 7.57. The van der Waals surface area contributed by atoms with E-state index in [-0.39, 0.29) is 17.7 Å². The number of nitrogens with one attached hydrogen (secondary N) is 1. The number of carbonyl (C=O) groups excluding carboxylic acids is 2. The van der Waals surface area contributed by atoms with E-state index in [2.05, 4.69) is 5.32 Å². The largest absolute Gasteiger partial charge is 0.497 e. The first-order valence-electron chi connectivity index (χ1n) is 8.05. The number of benzene rings is 2. The van der Waals surface area contributed by atoms with Gasteiger partial charge in [0.1, 0.15) is 5.75 Å². The van der Waals surface area contributed by atoms with Gasteiger partial charge < -0.3 is 15.0 Å². The Labute approximate surface area is 151 Å². The average Bonchev–Trinajstić information content (AvgIpc) is 3.01. The number of ether oxygens (including phenoxy) is 1. The molecule has 2 aromatic rings. The van der Waals surface area contributed by atoms with Crippen LogP contribution in [0, 0.1) is 5.92 Å². The van der Waals surface area contributed by atoms with Crippen molar-refractivity contribution in [3.8, 4) is 5.75 Å². The number of amides is 2. The van der Waals surface area contributed by atoms with Gasteiger partial charge in [0.2, 0.25) is 5.91 Å². The summed E-state index contributed by atoms with van der Waals surface area (Å²) in [6.45, 7) is 1.03. The van der Waals surface area contributed by atoms with Gasteiger partial charge in [0, 0.05) is 41.7 Å². The van der Waals surface area contributed by atoms with E-state index in [4.69, 9.17) is 16.3 Å². The van der Waals surface area contributed by atoms with Gasteiger partial charge in [0.15, 0.2) is 0 Å². The molecule has 1 fully saturated rings. The first kappa shape index (κ1) is 17.3. The summed E-state index contributed by atoms with van der Waals surface area (Å²) in [5.74, 6) is 0.606. The summed E-state index contributed by atoms with van der Waals surface area (Å²) in [5.41, 5.74) is 1.37. The Hall–Kier alpha value is -2.53. The predicted molar refractivity (Wildman–Crippen MR) is 97.2 cm³/mol. The van der Waals surface area contributed by atoms with Gasteiger partial charge in [-0.1, -0.05) is 17.7 Å². The fraction of sp³-hybridized carbons (Fsp3) is 0.263. The van der Waals surface area contributed by atoms with Crippen molar-refractivity contribution in [1.29, 1.82) is 0 Å². The SMILES string of the molecule is COc1cccc(C(=O)NCC2CC(=O)N(c3ccc(Cl)cc3)C2)c1. The molecule has 25 heavy (non-hydrogen) atoms. The predicted octanol–water partition coefficient (Wildman–Crippen LogP) is 3.13. The van der Waals surface area contributed by atoms with Crippen LogP contribution in [0.2, 0.25) is 5.02 Å². The minimum Gasteiger partial charge on any atom is -0.497 e. The molecule has 130 valence electrons. The zero-order valence-electron chi connectivity index (χ0n) is 13.9. The normalized spacial score (nSPS) is 16.8. The molecule has 0 bridgehead atoms. The molecule has 1 unspecified atom stereocenters. The molecule has 1 N–H and O–H groups in total. The number of anilines is 1. The second-order valence-electron chi connectivity index (χ2n) is 5.99. The third-order valence-corrected chi connectivity index (χ3v) is 4.48. The minimum absolute atomic E-state index is 0.0583. The molecule has 1 heterocycles. The van der Waals surface area contributed by atoms with Crippen molar-refractivity contribution < 1.29 is 14.3 Å². The molecule has 6 heteroatoms. The maximum Gasteiger partial charge on any atom is 0.251 e. The van der Waals surface area contributed by atoms with Crippen LogP contribution in [-0.2, 0) is 4.79 Å². The van der Waals surface area contributed by atoms with Crippen molar-refractivity contribution >= 4 is 29.1 Å². The van der Waals surface area contributed by atoms with E-state index in [1.165, 1.54) is 0 Å². The molecular weight excluding hydrogens is 340 g/mol. The lowest BCUT2D eigenvalue weighted by atomic mass is 10.1. The van der Waals surface area contributed by atoms with E-state index in [9.17, 15) is 9.59 Å². The Morgan fingerprint density at radius 2 is 2.04 bits per heavy atom. The van der Waals surface area contributed by atoms with Gasteiger partial charge in [-0.25, -0.2) is 0 Å². The lowest BCUT2D eigenvalue weighted by molar-refractivity contribution is -0.117. The number of nitrogens with zero attached hydrogens (tertiary/aromatic N) is 1. The third-order valence-electron chi connectivity index (χ3n) is 4.23. The van der Waals surface area contributed by atoms with E-state index in [0.717, 1.165) is 5.69 Å². The van der Waals surface area contributed by atoms with E-state index in [1.807, 2.05) is 12.1 Å². The first-order chi connectivity index (χ1) is 12.1. The van der Waals surface area contributed by atoms with E-state index >= 15 is 0 Å². The summed E-state index contributed by atoms with van der Waals surface area (Å²) in [6.07, 6.45) is 0.418.